The van der Waals surface area contributed by atoms with E-state index in [0.29, 0.717) is 11.2 Å². The lowest BCUT2D eigenvalue weighted by Crippen LogP contribution is -2.30. The van der Waals surface area contributed by atoms with Crippen molar-refractivity contribution in [3.05, 3.63) is 53.0 Å². The molecule has 2 aromatic carbocycles. The zero-order valence-electron chi connectivity index (χ0n) is 11.3. The maximum atomic E-state index is 5.27. The first-order valence-electron chi connectivity index (χ1n) is 6.80. The van der Waals surface area contributed by atoms with Crippen LogP contribution in [0.1, 0.15) is 12.8 Å². The van der Waals surface area contributed by atoms with Crippen LogP contribution in [0.3, 0.4) is 0 Å². The van der Waals surface area contributed by atoms with Crippen molar-refractivity contribution in [2.24, 2.45) is 0 Å². The molecule has 1 aliphatic rings. The second-order valence-corrected chi connectivity index (χ2v) is 7.42. The quantitative estimate of drug-likeness (QED) is 0.726. The SMILES string of the molecule is S=C(Nc1ccc(Sc2ccc(Br)cc2)cc1)NC1CC1. The minimum atomic E-state index is 0.581. The van der Waals surface area contributed by atoms with Gasteiger partial charge in [0.1, 0.15) is 0 Å². The van der Waals surface area contributed by atoms with Gasteiger partial charge >= 0.3 is 0 Å². The fourth-order valence-corrected chi connectivity index (χ4v) is 3.19. The standard InChI is InChI=1S/C16H15BrN2S2/c17-11-1-7-14(8-2-11)21-15-9-5-13(6-10-15)19-16(20)18-12-3-4-12/h1-2,5-10,12H,3-4H2,(H2,18,19,20). The summed E-state index contributed by atoms with van der Waals surface area (Å²) in [5.74, 6) is 0. The fourth-order valence-electron chi connectivity index (χ4n) is 1.83. The Morgan fingerprint density at radius 1 is 1.00 bits per heavy atom. The highest BCUT2D eigenvalue weighted by Gasteiger charge is 2.21. The van der Waals surface area contributed by atoms with Gasteiger partial charge in [0, 0.05) is 26.0 Å². The molecule has 3 rings (SSSR count). The van der Waals surface area contributed by atoms with Gasteiger partial charge in [0.05, 0.1) is 0 Å². The molecule has 2 aromatic rings. The molecule has 108 valence electrons. The molecule has 0 aromatic heterocycles. The van der Waals surface area contributed by atoms with Crippen molar-refractivity contribution >= 4 is 50.7 Å². The maximum Gasteiger partial charge on any atom is 0.170 e. The number of anilines is 1. The van der Waals surface area contributed by atoms with Crippen molar-refractivity contribution in [2.75, 3.05) is 5.32 Å². The summed E-state index contributed by atoms with van der Waals surface area (Å²) < 4.78 is 1.10. The van der Waals surface area contributed by atoms with E-state index in [2.05, 4.69) is 75.1 Å². The minimum Gasteiger partial charge on any atom is -0.360 e. The van der Waals surface area contributed by atoms with Crippen molar-refractivity contribution in [3.8, 4) is 0 Å². The number of nitrogens with one attached hydrogen (secondary N) is 2. The smallest absolute Gasteiger partial charge is 0.170 e. The Balaban J connectivity index is 1.58. The molecule has 21 heavy (non-hydrogen) atoms. The summed E-state index contributed by atoms with van der Waals surface area (Å²) in [6, 6.07) is 17.2. The van der Waals surface area contributed by atoms with Crippen LogP contribution in [-0.4, -0.2) is 11.2 Å². The zero-order valence-corrected chi connectivity index (χ0v) is 14.5. The van der Waals surface area contributed by atoms with Gasteiger partial charge in [0.25, 0.3) is 0 Å². The highest BCUT2D eigenvalue weighted by atomic mass is 79.9. The van der Waals surface area contributed by atoms with Crippen LogP contribution in [0.5, 0.6) is 0 Å². The first-order chi connectivity index (χ1) is 10.2. The van der Waals surface area contributed by atoms with Gasteiger partial charge in [-0.1, -0.05) is 27.7 Å². The van der Waals surface area contributed by atoms with Gasteiger partial charge in [-0.3, -0.25) is 0 Å². The van der Waals surface area contributed by atoms with Crippen LogP contribution in [0.4, 0.5) is 5.69 Å². The van der Waals surface area contributed by atoms with Gasteiger partial charge in [-0.25, -0.2) is 0 Å². The van der Waals surface area contributed by atoms with E-state index in [0.717, 1.165) is 10.2 Å². The summed E-state index contributed by atoms with van der Waals surface area (Å²) >= 11 is 10.5. The third-order valence-corrected chi connectivity index (χ3v) is 4.84. The third-order valence-electron chi connectivity index (χ3n) is 3.07. The molecule has 2 N–H and O–H groups in total. The summed E-state index contributed by atoms with van der Waals surface area (Å²) in [5.41, 5.74) is 1.02. The number of benzene rings is 2. The molecule has 0 heterocycles. The molecule has 0 bridgehead atoms. The van der Waals surface area contributed by atoms with E-state index >= 15 is 0 Å². The predicted molar refractivity (Wildman–Crippen MR) is 97.1 cm³/mol. The maximum absolute atomic E-state index is 5.27. The molecule has 0 aliphatic heterocycles. The monoisotopic (exact) mass is 378 g/mol. The molecule has 0 spiro atoms. The Bertz CT molecular complexity index is 622. The van der Waals surface area contributed by atoms with Crippen LogP contribution in [0.25, 0.3) is 0 Å². The topological polar surface area (TPSA) is 24.1 Å². The van der Waals surface area contributed by atoms with E-state index < -0.39 is 0 Å². The third kappa shape index (κ3) is 4.73. The highest BCUT2D eigenvalue weighted by molar-refractivity contribution is 9.10. The summed E-state index contributed by atoms with van der Waals surface area (Å²) in [6.45, 7) is 0. The summed E-state index contributed by atoms with van der Waals surface area (Å²) in [5, 5.41) is 7.20. The molecular weight excluding hydrogens is 364 g/mol. The Morgan fingerprint density at radius 2 is 1.57 bits per heavy atom. The first kappa shape index (κ1) is 14.9. The summed E-state index contributed by atoms with van der Waals surface area (Å²) in [7, 11) is 0. The second kappa shape index (κ2) is 6.81. The van der Waals surface area contributed by atoms with Crippen LogP contribution >= 0.6 is 39.9 Å². The number of halogens is 1. The number of rotatable bonds is 4. The highest BCUT2D eigenvalue weighted by Crippen LogP contribution is 2.29. The predicted octanol–water partition coefficient (Wildman–Crippen LogP) is 5.05. The van der Waals surface area contributed by atoms with Crippen molar-refractivity contribution in [1.29, 1.82) is 0 Å². The molecule has 1 saturated carbocycles. The normalized spacial score (nSPS) is 13.8. The first-order valence-corrected chi connectivity index (χ1v) is 8.82. The summed E-state index contributed by atoms with van der Waals surface area (Å²) in [4.78, 5) is 2.44. The van der Waals surface area contributed by atoms with Crippen LogP contribution in [0, 0.1) is 0 Å². The van der Waals surface area contributed by atoms with E-state index in [1.807, 2.05) is 0 Å². The average molecular weight is 379 g/mol. The Labute approximate surface area is 142 Å². The van der Waals surface area contributed by atoms with Gasteiger partial charge in [-0.15, -0.1) is 0 Å². The van der Waals surface area contributed by atoms with E-state index in [-0.39, 0.29) is 0 Å². The lowest BCUT2D eigenvalue weighted by molar-refractivity contribution is 0.919. The molecule has 2 nitrogen and oxygen atoms in total. The van der Waals surface area contributed by atoms with Crippen molar-refractivity contribution in [3.63, 3.8) is 0 Å². The lowest BCUT2D eigenvalue weighted by atomic mass is 10.3. The molecule has 0 amide bonds. The van der Waals surface area contributed by atoms with Crippen LogP contribution in [-0.2, 0) is 0 Å². The zero-order chi connectivity index (χ0) is 14.7. The van der Waals surface area contributed by atoms with Crippen LogP contribution in [0.15, 0.2) is 62.8 Å². The molecule has 0 saturated heterocycles. The number of thiocarbonyl (C=S) groups is 1. The van der Waals surface area contributed by atoms with Crippen molar-refractivity contribution in [1.82, 2.24) is 5.32 Å². The summed E-state index contributed by atoms with van der Waals surface area (Å²) in [6.07, 6.45) is 2.45. The molecular formula is C16H15BrN2S2. The van der Waals surface area contributed by atoms with Crippen molar-refractivity contribution < 1.29 is 0 Å². The van der Waals surface area contributed by atoms with Gasteiger partial charge < -0.3 is 10.6 Å². The van der Waals surface area contributed by atoms with E-state index in [1.54, 1.807) is 11.8 Å². The number of hydrogen-bond acceptors (Lipinski definition) is 2. The van der Waals surface area contributed by atoms with Gasteiger partial charge in [-0.05, 0) is 73.6 Å². The lowest BCUT2D eigenvalue weighted by Gasteiger charge is -2.10. The van der Waals surface area contributed by atoms with Crippen molar-refractivity contribution in [2.45, 2.75) is 28.7 Å². The molecule has 0 atom stereocenters. The van der Waals surface area contributed by atoms with E-state index in [4.69, 9.17) is 12.2 Å². The molecule has 5 heteroatoms. The van der Waals surface area contributed by atoms with Crippen LogP contribution in [0.2, 0.25) is 0 Å². The van der Waals surface area contributed by atoms with E-state index in [9.17, 15) is 0 Å². The fraction of sp³-hybridized carbons (Fsp3) is 0.188. The number of hydrogen-bond donors (Lipinski definition) is 2. The Kier molecular flexibility index (Phi) is 4.83. The second-order valence-electron chi connectivity index (χ2n) is 4.95. The minimum absolute atomic E-state index is 0.581. The average Bonchev–Trinajstić information content (AvgIpc) is 3.27. The Hall–Kier alpha value is -1.04. The van der Waals surface area contributed by atoms with Gasteiger partial charge in [0.2, 0.25) is 0 Å². The Morgan fingerprint density at radius 3 is 2.14 bits per heavy atom. The molecule has 0 radical (unpaired) electrons. The van der Waals surface area contributed by atoms with Crippen LogP contribution < -0.4 is 10.6 Å². The van der Waals surface area contributed by atoms with E-state index in [1.165, 1.54) is 22.6 Å². The molecule has 1 fully saturated rings. The van der Waals surface area contributed by atoms with Gasteiger partial charge in [0.15, 0.2) is 5.11 Å². The van der Waals surface area contributed by atoms with Gasteiger partial charge in [-0.2, -0.15) is 0 Å². The molecule has 1 aliphatic carbocycles. The largest absolute Gasteiger partial charge is 0.360 e. The molecule has 0 unspecified atom stereocenters.